The third-order valence-electron chi connectivity index (χ3n) is 3.16. The van der Waals surface area contributed by atoms with Crippen molar-refractivity contribution in [3.63, 3.8) is 0 Å². The Morgan fingerprint density at radius 3 is 2.56 bits per heavy atom. The van der Waals surface area contributed by atoms with Crippen LogP contribution in [-0.4, -0.2) is 24.5 Å². The predicted octanol–water partition coefficient (Wildman–Crippen LogP) is 3.36. The van der Waals surface area contributed by atoms with Crippen molar-refractivity contribution >= 4 is 0 Å². The number of hydrogen-bond donors (Lipinski definition) is 1. The molecule has 2 heteroatoms. The molecule has 0 heterocycles. The molecule has 2 N–H and O–H groups in total. The normalized spacial score (nSPS) is 12.7. The summed E-state index contributed by atoms with van der Waals surface area (Å²) in [7, 11) is 0. The molecule has 0 spiro atoms. The van der Waals surface area contributed by atoms with Gasteiger partial charge in [0.2, 0.25) is 0 Å². The molecule has 0 amide bonds. The van der Waals surface area contributed by atoms with E-state index in [-0.39, 0.29) is 6.04 Å². The van der Waals surface area contributed by atoms with Crippen LogP contribution in [0.15, 0.2) is 42.5 Å². The molecule has 1 unspecified atom stereocenters. The highest BCUT2D eigenvalue weighted by atomic mass is 15.1. The van der Waals surface area contributed by atoms with Crippen LogP contribution in [-0.2, 0) is 0 Å². The number of rotatable bonds is 8. The molecule has 0 saturated carbocycles. The van der Waals surface area contributed by atoms with Gasteiger partial charge < -0.3 is 5.73 Å². The molecule has 0 fully saturated rings. The van der Waals surface area contributed by atoms with Crippen molar-refractivity contribution in [1.82, 2.24) is 4.90 Å². The summed E-state index contributed by atoms with van der Waals surface area (Å²) in [6, 6.07) is 10.5. The Hall–Kier alpha value is -1.12. The first-order valence-corrected chi connectivity index (χ1v) is 6.80. The molecule has 0 aliphatic rings. The zero-order valence-corrected chi connectivity index (χ0v) is 11.7. The van der Waals surface area contributed by atoms with E-state index in [1.807, 2.05) is 6.07 Å². The lowest BCUT2D eigenvalue weighted by molar-refractivity contribution is 0.301. The molecule has 0 aliphatic carbocycles. The van der Waals surface area contributed by atoms with Crippen LogP contribution in [0.2, 0.25) is 0 Å². The van der Waals surface area contributed by atoms with Gasteiger partial charge in [-0.15, -0.1) is 0 Å². The van der Waals surface area contributed by atoms with Crippen molar-refractivity contribution in [3.05, 3.63) is 48.0 Å². The minimum absolute atomic E-state index is 0.162. The van der Waals surface area contributed by atoms with Crippen LogP contribution in [0.1, 0.15) is 38.3 Å². The molecule has 1 atom stereocenters. The first-order chi connectivity index (χ1) is 8.63. The van der Waals surface area contributed by atoms with Gasteiger partial charge in [0, 0.05) is 12.6 Å². The van der Waals surface area contributed by atoms with Crippen LogP contribution in [0.25, 0.3) is 0 Å². The lowest BCUT2D eigenvalue weighted by Gasteiger charge is -2.21. The number of hydrogen-bond acceptors (Lipinski definition) is 2. The van der Waals surface area contributed by atoms with Crippen LogP contribution in [0.4, 0.5) is 0 Å². The quantitative estimate of drug-likeness (QED) is 0.713. The second-order valence-electron chi connectivity index (χ2n) is 4.99. The number of benzene rings is 1. The summed E-state index contributed by atoms with van der Waals surface area (Å²) in [6.07, 6.45) is 2.17. The average Bonchev–Trinajstić information content (AvgIpc) is 2.38. The summed E-state index contributed by atoms with van der Waals surface area (Å²) in [4.78, 5) is 2.42. The SMILES string of the molecule is C=C(C)CN(CC)CCCC(N)c1ccccc1. The van der Waals surface area contributed by atoms with Crippen LogP contribution >= 0.6 is 0 Å². The Labute approximate surface area is 111 Å². The molecule has 18 heavy (non-hydrogen) atoms. The smallest absolute Gasteiger partial charge is 0.0295 e. The third kappa shape index (κ3) is 5.48. The van der Waals surface area contributed by atoms with Crippen molar-refractivity contribution in [3.8, 4) is 0 Å². The minimum Gasteiger partial charge on any atom is -0.324 e. The molecule has 100 valence electrons. The van der Waals surface area contributed by atoms with Gasteiger partial charge in [0.1, 0.15) is 0 Å². The molecule has 1 rings (SSSR count). The molecule has 1 aromatic rings. The van der Waals surface area contributed by atoms with Crippen molar-refractivity contribution in [2.24, 2.45) is 5.73 Å². The van der Waals surface area contributed by atoms with E-state index in [0.717, 1.165) is 32.5 Å². The van der Waals surface area contributed by atoms with Crippen LogP contribution < -0.4 is 5.73 Å². The number of likely N-dealkylation sites (N-methyl/N-ethyl adjacent to an activating group) is 1. The first kappa shape index (κ1) is 14.9. The fraction of sp³-hybridized carbons (Fsp3) is 0.500. The van der Waals surface area contributed by atoms with Gasteiger partial charge in [-0.05, 0) is 38.4 Å². The predicted molar refractivity (Wildman–Crippen MR) is 79.5 cm³/mol. The van der Waals surface area contributed by atoms with Gasteiger partial charge in [0.15, 0.2) is 0 Å². The average molecular weight is 246 g/mol. The maximum atomic E-state index is 6.19. The van der Waals surface area contributed by atoms with Crippen LogP contribution in [0.5, 0.6) is 0 Å². The maximum absolute atomic E-state index is 6.19. The minimum atomic E-state index is 0.162. The summed E-state index contributed by atoms with van der Waals surface area (Å²) in [6.45, 7) is 11.4. The lowest BCUT2D eigenvalue weighted by Crippen LogP contribution is -2.26. The highest BCUT2D eigenvalue weighted by Gasteiger charge is 2.07. The lowest BCUT2D eigenvalue weighted by atomic mass is 10.0. The van der Waals surface area contributed by atoms with E-state index >= 15 is 0 Å². The van der Waals surface area contributed by atoms with Gasteiger partial charge in [0.25, 0.3) is 0 Å². The second-order valence-corrected chi connectivity index (χ2v) is 4.99. The van der Waals surface area contributed by atoms with Gasteiger partial charge >= 0.3 is 0 Å². The van der Waals surface area contributed by atoms with Gasteiger partial charge in [-0.25, -0.2) is 0 Å². The summed E-state index contributed by atoms with van der Waals surface area (Å²) in [5.41, 5.74) is 8.65. The van der Waals surface area contributed by atoms with E-state index in [1.165, 1.54) is 11.1 Å². The van der Waals surface area contributed by atoms with Gasteiger partial charge in [0.05, 0.1) is 0 Å². The second kappa shape index (κ2) is 8.06. The maximum Gasteiger partial charge on any atom is 0.0295 e. The number of nitrogens with zero attached hydrogens (tertiary/aromatic N) is 1. The van der Waals surface area contributed by atoms with E-state index in [4.69, 9.17) is 5.73 Å². The van der Waals surface area contributed by atoms with E-state index < -0.39 is 0 Å². The molecule has 0 aromatic heterocycles. The summed E-state index contributed by atoms with van der Waals surface area (Å²) in [5, 5.41) is 0. The monoisotopic (exact) mass is 246 g/mol. The van der Waals surface area contributed by atoms with Crippen LogP contribution in [0, 0.1) is 0 Å². The van der Waals surface area contributed by atoms with Crippen molar-refractivity contribution in [2.45, 2.75) is 32.7 Å². The first-order valence-electron chi connectivity index (χ1n) is 6.80. The van der Waals surface area contributed by atoms with Crippen molar-refractivity contribution in [1.29, 1.82) is 0 Å². The molecule has 0 aliphatic heterocycles. The molecule has 0 bridgehead atoms. The number of nitrogens with two attached hydrogens (primary N) is 1. The largest absolute Gasteiger partial charge is 0.324 e. The van der Waals surface area contributed by atoms with Crippen molar-refractivity contribution in [2.75, 3.05) is 19.6 Å². The zero-order valence-electron chi connectivity index (χ0n) is 11.7. The molecule has 0 radical (unpaired) electrons. The molecule has 2 nitrogen and oxygen atoms in total. The van der Waals surface area contributed by atoms with E-state index in [2.05, 4.69) is 49.6 Å². The molecule has 1 aromatic carbocycles. The molecule has 0 saturated heterocycles. The zero-order chi connectivity index (χ0) is 13.4. The summed E-state index contributed by atoms with van der Waals surface area (Å²) < 4.78 is 0. The Morgan fingerprint density at radius 1 is 1.33 bits per heavy atom. The fourth-order valence-electron chi connectivity index (χ4n) is 2.13. The third-order valence-corrected chi connectivity index (χ3v) is 3.16. The van der Waals surface area contributed by atoms with E-state index in [9.17, 15) is 0 Å². The Balaban J connectivity index is 2.30. The molecular formula is C16H26N2. The van der Waals surface area contributed by atoms with Crippen LogP contribution in [0.3, 0.4) is 0 Å². The topological polar surface area (TPSA) is 29.3 Å². The van der Waals surface area contributed by atoms with E-state index in [1.54, 1.807) is 0 Å². The van der Waals surface area contributed by atoms with Gasteiger partial charge in [-0.2, -0.15) is 0 Å². The fourth-order valence-corrected chi connectivity index (χ4v) is 2.13. The highest BCUT2D eigenvalue weighted by molar-refractivity contribution is 5.18. The Morgan fingerprint density at radius 2 is 2.00 bits per heavy atom. The summed E-state index contributed by atoms with van der Waals surface area (Å²) >= 11 is 0. The van der Waals surface area contributed by atoms with Gasteiger partial charge in [-0.1, -0.05) is 49.4 Å². The van der Waals surface area contributed by atoms with Gasteiger partial charge in [-0.3, -0.25) is 4.90 Å². The molecular weight excluding hydrogens is 220 g/mol. The Kier molecular flexibility index (Phi) is 6.69. The summed E-state index contributed by atoms with van der Waals surface area (Å²) in [5.74, 6) is 0. The standard InChI is InChI=1S/C16H26N2/c1-4-18(13-14(2)3)12-8-11-16(17)15-9-6-5-7-10-15/h5-7,9-10,16H,2,4,8,11-13,17H2,1,3H3. The van der Waals surface area contributed by atoms with Crippen molar-refractivity contribution < 1.29 is 0 Å². The highest BCUT2D eigenvalue weighted by Crippen LogP contribution is 2.15. The Bertz CT molecular complexity index is 345. The van der Waals surface area contributed by atoms with E-state index in [0.29, 0.717) is 0 Å².